The fraction of sp³-hybridized carbons (Fsp3) is 0.238. The molecule has 0 aliphatic heterocycles. The van der Waals surface area contributed by atoms with Crippen molar-refractivity contribution in [2.45, 2.75) is 13.0 Å². The Morgan fingerprint density at radius 2 is 1.81 bits per heavy atom. The van der Waals surface area contributed by atoms with Gasteiger partial charge in [-0.05, 0) is 29.8 Å². The van der Waals surface area contributed by atoms with Crippen molar-refractivity contribution in [3.63, 3.8) is 0 Å². The number of hydrogen-bond donors (Lipinski definition) is 1. The summed E-state index contributed by atoms with van der Waals surface area (Å²) in [7, 11) is 1.61. The maximum absolute atomic E-state index is 12.0. The Labute approximate surface area is 158 Å². The molecule has 0 atom stereocenters. The van der Waals surface area contributed by atoms with Gasteiger partial charge in [-0.2, -0.15) is 0 Å². The molecule has 3 rings (SSSR count). The zero-order valence-electron chi connectivity index (χ0n) is 15.3. The molecule has 1 N–H and O–H groups in total. The van der Waals surface area contributed by atoms with Crippen molar-refractivity contribution in [1.29, 1.82) is 0 Å². The number of carbonyl (C=O) groups excluding carboxylic acids is 1. The van der Waals surface area contributed by atoms with E-state index in [4.69, 9.17) is 9.47 Å². The lowest BCUT2D eigenvalue weighted by molar-refractivity contribution is -0.123. The summed E-state index contributed by atoms with van der Waals surface area (Å²) >= 11 is 0. The minimum absolute atomic E-state index is 0.0230. The first-order valence-electron chi connectivity index (χ1n) is 8.82. The highest BCUT2D eigenvalue weighted by Gasteiger charge is 2.06. The second kappa shape index (κ2) is 9.43. The first-order valence-corrected chi connectivity index (χ1v) is 8.82. The Kier molecular flexibility index (Phi) is 6.46. The van der Waals surface area contributed by atoms with Crippen molar-refractivity contribution < 1.29 is 14.3 Å². The molecule has 0 fully saturated rings. The standard InChI is InChI=1S/C21H23N3O3/c1-26-18-7-9-19(10-8-18)27-16-21(25)23-12-11-20-22-13-14-24(20)15-17-5-3-2-4-6-17/h2-10,13-14H,11-12,15-16H2,1H3,(H,23,25). The number of benzene rings is 2. The van der Waals surface area contributed by atoms with E-state index in [9.17, 15) is 4.79 Å². The van der Waals surface area contributed by atoms with E-state index < -0.39 is 0 Å². The highest BCUT2D eigenvalue weighted by molar-refractivity contribution is 5.77. The van der Waals surface area contributed by atoms with E-state index in [1.54, 1.807) is 37.6 Å². The number of amides is 1. The maximum Gasteiger partial charge on any atom is 0.257 e. The van der Waals surface area contributed by atoms with Crippen LogP contribution in [0.1, 0.15) is 11.4 Å². The molecule has 0 spiro atoms. The van der Waals surface area contributed by atoms with Crippen molar-refractivity contribution in [3.05, 3.63) is 78.4 Å². The Bertz CT molecular complexity index is 845. The summed E-state index contributed by atoms with van der Waals surface area (Å²) in [6.07, 6.45) is 4.40. The quantitative estimate of drug-likeness (QED) is 0.633. The molecular weight excluding hydrogens is 342 g/mol. The van der Waals surface area contributed by atoms with Crippen LogP contribution in [-0.2, 0) is 17.8 Å². The summed E-state index contributed by atoms with van der Waals surface area (Å²) in [6.45, 7) is 1.26. The molecule has 0 aliphatic rings. The molecule has 1 amide bonds. The molecule has 0 unspecified atom stereocenters. The zero-order chi connectivity index (χ0) is 18.9. The van der Waals surface area contributed by atoms with Crippen LogP contribution < -0.4 is 14.8 Å². The van der Waals surface area contributed by atoms with Crippen molar-refractivity contribution in [3.8, 4) is 11.5 Å². The summed E-state index contributed by atoms with van der Waals surface area (Å²) in [6, 6.07) is 17.3. The van der Waals surface area contributed by atoms with Gasteiger partial charge in [0.25, 0.3) is 5.91 Å². The summed E-state index contributed by atoms with van der Waals surface area (Å²) < 4.78 is 12.6. The van der Waals surface area contributed by atoms with Gasteiger partial charge in [0.05, 0.1) is 7.11 Å². The molecule has 3 aromatic rings. The third-order valence-electron chi connectivity index (χ3n) is 4.10. The van der Waals surface area contributed by atoms with E-state index >= 15 is 0 Å². The number of rotatable bonds is 9. The predicted molar refractivity (Wildman–Crippen MR) is 103 cm³/mol. The Hall–Kier alpha value is -3.28. The van der Waals surface area contributed by atoms with Crippen LogP contribution in [0.2, 0.25) is 0 Å². The van der Waals surface area contributed by atoms with E-state index in [0.29, 0.717) is 18.7 Å². The molecule has 27 heavy (non-hydrogen) atoms. The average molecular weight is 365 g/mol. The molecule has 6 heteroatoms. The van der Waals surface area contributed by atoms with Crippen molar-refractivity contribution in [2.75, 3.05) is 20.3 Å². The maximum atomic E-state index is 12.0. The lowest BCUT2D eigenvalue weighted by Gasteiger charge is -2.10. The van der Waals surface area contributed by atoms with E-state index in [-0.39, 0.29) is 12.5 Å². The normalized spacial score (nSPS) is 10.4. The fourth-order valence-electron chi connectivity index (χ4n) is 2.68. The topological polar surface area (TPSA) is 65.4 Å². The number of nitrogens with zero attached hydrogens (tertiary/aromatic N) is 2. The number of nitrogens with one attached hydrogen (secondary N) is 1. The lowest BCUT2D eigenvalue weighted by Crippen LogP contribution is -2.31. The van der Waals surface area contributed by atoms with Crippen LogP contribution in [0.15, 0.2) is 67.0 Å². The summed E-state index contributed by atoms with van der Waals surface area (Å²) in [5.74, 6) is 2.16. The Balaban J connectivity index is 1.41. The fourth-order valence-corrected chi connectivity index (χ4v) is 2.68. The van der Waals surface area contributed by atoms with Crippen LogP contribution in [0.5, 0.6) is 11.5 Å². The number of hydrogen-bond acceptors (Lipinski definition) is 4. The predicted octanol–water partition coefficient (Wildman–Crippen LogP) is 2.68. The van der Waals surface area contributed by atoms with Gasteiger partial charge in [-0.25, -0.2) is 4.98 Å². The number of ether oxygens (including phenoxy) is 2. The molecule has 0 saturated carbocycles. The molecular formula is C21H23N3O3. The van der Waals surface area contributed by atoms with Crippen LogP contribution >= 0.6 is 0 Å². The molecule has 0 radical (unpaired) electrons. The monoisotopic (exact) mass is 365 g/mol. The summed E-state index contributed by atoms with van der Waals surface area (Å²) in [4.78, 5) is 16.3. The van der Waals surface area contributed by atoms with Crippen molar-refractivity contribution in [1.82, 2.24) is 14.9 Å². The van der Waals surface area contributed by atoms with E-state index in [1.165, 1.54) is 5.56 Å². The SMILES string of the molecule is COc1ccc(OCC(=O)NCCc2nccn2Cc2ccccc2)cc1. The van der Waals surface area contributed by atoms with Crippen LogP contribution in [0.25, 0.3) is 0 Å². The van der Waals surface area contributed by atoms with Gasteiger partial charge in [0.2, 0.25) is 0 Å². The number of aromatic nitrogens is 2. The van der Waals surface area contributed by atoms with Gasteiger partial charge in [0, 0.05) is 31.9 Å². The first-order chi connectivity index (χ1) is 13.2. The molecule has 0 bridgehead atoms. The van der Waals surface area contributed by atoms with Crippen LogP contribution in [0, 0.1) is 0 Å². The van der Waals surface area contributed by atoms with Crippen molar-refractivity contribution in [2.24, 2.45) is 0 Å². The summed E-state index contributed by atoms with van der Waals surface area (Å²) in [5, 5.41) is 2.86. The Morgan fingerprint density at radius 3 is 2.56 bits per heavy atom. The number of carbonyl (C=O) groups is 1. The van der Waals surface area contributed by atoms with Crippen molar-refractivity contribution >= 4 is 5.91 Å². The smallest absolute Gasteiger partial charge is 0.257 e. The van der Waals surface area contributed by atoms with Crippen LogP contribution in [-0.4, -0.2) is 35.7 Å². The highest BCUT2D eigenvalue weighted by atomic mass is 16.5. The largest absolute Gasteiger partial charge is 0.497 e. The van der Waals surface area contributed by atoms with E-state index in [0.717, 1.165) is 18.1 Å². The van der Waals surface area contributed by atoms with Gasteiger partial charge in [-0.1, -0.05) is 30.3 Å². The number of imidazole rings is 1. The third-order valence-corrected chi connectivity index (χ3v) is 4.10. The Morgan fingerprint density at radius 1 is 1.07 bits per heavy atom. The van der Waals surface area contributed by atoms with Crippen LogP contribution in [0.4, 0.5) is 0 Å². The minimum Gasteiger partial charge on any atom is -0.497 e. The summed E-state index contributed by atoms with van der Waals surface area (Å²) in [5.41, 5.74) is 1.22. The zero-order valence-corrected chi connectivity index (χ0v) is 15.3. The molecule has 1 aromatic heterocycles. The van der Waals surface area contributed by atoms with Crippen LogP contribution in [0.3, 0.4) is 0 Å². The van der Waals surface area contributed by atoms with Gasteiger partial charge in [-0.15, -0.1) is 0 Å². The van der Waals surface area contributed by atoms with Gasteiger partial charge < -0.3 is 19.4 Å². The second-order valence-electron chi connectivity index (χ2n) is 6.02. The van der Waals surface area contributed by atoms with Gasteiger partial charge >= 0.3 is 0 Å². The van der Waals surface area contributed by atoms with Gasteiger partial charge in [0.1, 0.15) is 17.3 Å². The van der Waals surface area contributed by atoms with Gasteiger partial charge in [-0.3, -0.25) is 4.79 Å². The molecule has 0 aliphatic carbocycles. The lowest BCUT2D eigenvalue weighted by atomic mass is 10.2. The second-order valence-corrected chi connectivity index (χ2v) is 6.02. The average Bonchev–Trinajstić information content (AvgIpc) is 3.14. The highest BCUT2D eigenvalue weighted by Crippen LogP contribution is 2.16. The molecule has 2 aromatic carbocycles. The van der Waals surface area contributed by atoms with E-state index in [2.05, 4.69) is 27.0 Å². The third kappa shape index (κ3) is 5.60. The molecule has 140 valence electrons. The molecule has 0 saturated heterocycles. The molecule has 1 heterocycles. The van der Waals surface area contributed by atoms with E-state index in [1.807, 2.05) is 24.4 Å². The first kappa shape index (κ1) is 18.5. The minimum atomic E-state index is -0.160. The molecule has 6 nitrogen and oxygen atoms in total. The van der Waals surface area contributed by atoms with Gasteiger partial charge in [0.15, 0.2) is 6.61 Å². The number of methoxy groups -OCH3 is 1.